The molecule has 29 heavy (non-hydrogen) atoms. The Morgan fingerprint density at radius 1 is 1.17 bits per heavy atom. The predicted octanol–water partition coefficient (Wildman–Crippen LogP) is 1.97. The Morgan fingerprint density at radius 3 is 2.83 bits per heavy atom. The molecule has 2 aliphatic rings. The number of pyridine rings is 1. The number of carbonyl (C=O) groups is 1. The number of amides is 1. The summed E-state index contributed by atoms with van der Waals surface area (Å²) in [6, 6.07) is 7.36. The number of hydrogen-bond donors (Lipinski definition) is 1. The first-order valence-electron chi connectivity index (χ1n) is 9.53. The van der Waals surface area contributed by atoms with Crippen molar-refractivity contribution in [3.05, 3.63) is 80.8 Å². The Balaban J connectivity index is 1.45. The standard InChI is InChI=1S/C21H19FN4O3/c22-15-1-3-16(4-2-15)26-11-14-10-25(7-5-13(14)9-19(26)27)21(28)20-17-12-29-8-6-18(17)23-24-20/h1-4,9,11H,5-8,10,12H2,(H,23,24). The van der Waals surface area contributed by atoms with Gasteiger partial charge in [-0.05, 0) is 41.8 Å². The van der Waals surface area contributed by atoms with Crippen LogP contribution in [-0.4, -0.2) is 38.7 Å². The summed E-state index contributed by atoms with van der Waals surface area (Å²) in [6.07, 6.45) is 3.07. The third kappa shape index (κ3) is 3.15. The summed E-state index contributed by atoms with van der Waals surface area (Å²) in [5, 5.41) is 7.18. The van der Waals surface area contributed by atoms with Crippen molar-refractivity contribution in [2.75, 3.05) is 13.2 Å². The molecule has 5 rings (SSSR count). The van der Waals surface area contributed by atoms with E-state index in [2.05, 4.69) is 10.2 Å². The van der Waals surface area contributed by atoms with Crippen molar-refractivity contribution in [1.29, 1.82) is 0 Å². The van der Waals surface area contributed by atoms with Gasteiger partial charge >= 0.3 is 0 Å². The number of rotatable bonds is 2. The van der Waals surface area contributed by atoms with Crippen LogP contribution in [0.2, 0.25) is 0 Å². The minimum Gasteiger partial charge on any atom is -0.376 e. The maximum atomic E-state index is 13.2. The molecule has 0 aliphatic carbocycles. The number of hydrogen-bond acceptors (Lipinski definition) is 4. The van der Waals surface area contributed by atoms with Crippen molar-refractivity contribution in [3.63, 3.8) is 0 Å². The van der Waals surface area contributed by atoms with Crippen LogP contribution in [0.3, 0.4) is 0 Å². The lowest BCUT2D eigenvalue weighted by atomic mass is 10.0. The number of fused-ring (bicyclic) bond motifs is 2. The van der Waals surface area contributed by atoms with Crippen molar-refractivity contribution in [1.82, 2.24) is 19.7 Å². The van der Waals surface area contributed by atoms with Crippen molar-refractivity contribution in [2.45, 2.75) is 26.0 Å². The number of carbonyl (C=O) groups excluding carboxylic acids is 1. The van der Waals surface area contributed by atoms with Gasteiger partial charge in [-0.2, -0.15) is 5.10 Å². The fourth-order valence-corrected chi connectivity index (χ4v) is 3.94. The number of nitrogens with zero attached hydrogens (tertiary/aromatic N) is 3. The van der Waals surface area contributed by atoms with Gasteiger partial charge < -0.3 is 9.64 Å². The zero-order chi connectivity index (χ0) is 20.0. The van der Waals surface area contributed by atoms with Crippen LogP contribution in [0.25, 0.3) is 5.69 Å². The van der Waals surface area contributed by atoms with Crippen molar-refractivity contribution >= 4 is 5.91 Å². The summed E-state index contributed by atoms with van der Waals surface area (Å²) < 4.78 is 20.2. The van der Waals surface area contributed by atoms with Gasteiger partial charge in [0.05, 0.1) is 13.2 Å². The first-order valence-corrected chi connectivity index (χ1v) is 9.53. The third-order valence-electron chi connectivity index (χ3n) is 5.53. The van der Waals surface area contributed by atoms with Crippen LogP contribution in [0.4, 0.5) is 4.39 Å². The van der Waals surface area contributed by atoms with Gasteiger partial charge in [0.25, 0.3) is 11.5 Å². The van der Waals surface area contributed by atoms with E-state index < -0.39 is 0 Å². The molecule has 0 saturated heterocycles. The van der Waals surface area contributed by atoms with Gasteiger partial charge in [0, 0.05) is 48.7 Å². The number of nitrogens with one attached hydrogen (secondary N) is 1. The molecule has 4 heterocycles. The van der Waals surface area contributed by atoms with E-state index in [1.165, 1.54) is 16.7 Å². The van der Waals surface area contributed by atoms with E-state index in [9.17, 15) is 14.0 Å². The van der Waals surface area contributed by atoms with Gasteiger partial charge in [0.2, 0.25) is 0 Å². The van der Waals surface area contributed by atoms with E-state index in [-0.39, 0.29) is 17.3 Å². The molecule has 3 aromatic rings. The number of aromatic amines is 1. The van der Waals surface area contributed by atoms with E-state index in [1.54, 1.807) is 29.3 Å². The fourth-order valence-electron chi connectivity index (χ4n) is 3.94. The predicted molar refractivity (Wildman–Crippen MR) is 102 cm³/mol. The van der Waals surface area contributed by atoms with Gasteiger partial charge in [0.15, 0.2) is 5.69 Å². The second kappa shape index (κ2) is 6.97. The summed E-state index contributed by atoms with van der Waals surface area (Å²) in [4.78, 5) is 27.3. The molecule has 148 valence electrons. The van der Waals surface area contributed by atoms with Crippen LogP contribution < -0.4 is 5.56 Å². The van der Waals surface area contributed by atoms with Gasteiger partial charge in [-0.1, -0.05) is 0 Å². The van der Waals surface area contributed by atoms with Gasteiger partial charge in [-0.25, -0.2) is 4.39 Å². The molecule has 0 unspecified atom stereocenters. The Morgan fingerprint density at radius 2 is 2.00 bits per heavy atom. The highest BCUT2D eigenvalue weighted by atomic mass is 19.1. The molecule has 1 aromatic carbocycles. The summed E-state index contributed by atoms with van der Waals surface area (Å²) in [5.41, 5.74) is 4.45. The van der Waals surface area contributed by atoms with Crippen LogP contribution in [0.5, 0.6) is 0 Å². The molecular weight excluding hydrogens is 375 g/mol. The fraction of sp³-hybridized carbons (Fsp3) is 0.286. The highest BCUT2D eigenvalue weighted by molar-refractivity contribution is 5.94. The number of halogens is 1. The van der Waals surface area contributed by atoms with E-state index in [1.807, 2.05) is 0 Å². The Hall–Kier alpha value is -3.26. The summed E-state index contributed by atoms with van der Waals surface area (Å²) in [7, 11) is 0. The van der Waals surface area contributed by atoms with Crippen molar-refractivity contribution in [2.24, 2.45) is 0 Å². The first-order chi connectivity index (χ1) is 14.1. The molecule has 7 nitrogen and oxygen atoms in total. The molecule has 0 saturated carbocycles. The second-order valence-electron chi connectivity index (χ2n) is 7.32. The van der Waals surface area contributed by atoms with Gasteiger partial charge in [-0.3, -0.25) is 19.3 Å². The molecule has 2 aromatic heterocycles. The minimum absolute atomic E-state index is 0.141. The van der Waals surface area contributed by atoms with E-state index >= 15 is 0 Å². The highest BCUT2D eigenvalue weighted by Gasteiger charge is 2.28. The quantitative estimate of drug-likeness (QED) is 0.721. The maximum absolute atomic E-state index is 13.2. The lowest BCUT2D eigenvalue weighted by Gasteiger charge is -2.29. The van der Waals surface area contributed by atoms with Crippen molar-refractivity contribution < 1.29 is 13.9 Å². The van der Waals surface area contributed by atoms with E-state index in [4.69, 9.17) is 4.74 Å². The van der Waals surface area contributed by atoms with Crippen LogP contribution in [0, 0.1) is 5.82 Å². The average molecular weight is 394 g/mol. The van der Waals surface area contributed by atoms with Crippen LogP contribution in [0.15, 0.2) is 41.3 Å². The number of aromatic nitrogens is 3. The second-order valence-corrected chi connectivity index (χ2v) is 7.32. The Kier molecular flexibility index (Phi) is 4.28. The molecular formula is C21H19FN4O3. The summed E-state index contributed by atoms with van der Waals surface area (Å²) >= 11 is 0. The maximum Gasteiger partial charge on any atom is 0.275 e. The Labute approximate surface area is 165 Å². The topological polar surface area (TPSA) is 80.2 Å². The zero-order valence-corrected chi connectivity index (χ0v) is 15.7. The number of H-pyrrole nitrogens is 1. The summed E-state index contributed by atoms with van der Waals surface area (Å²) in [6.45, 7) is 1.93. The molecule has 1 N–H and O–H groups in total. The average Bonchev–Trinajstić information content (AvgIpc) is 3.17. The molecule has 2 aliphatic heterocycles. The molecule has 8 heteroatoms. The Bertz CT molecular complexity index is 1150. The first kappa shape index (κ1) is 17.8. The lowest BCUT2D eigenvalue weighted by Crippen LogP contribution is -2.38. The van der Waals surface area contributed by atoms with Crippen molar-refractivity contribution in [3.8, 4) is 5.69 Å². The smallest absolute Gasteiger partial charge is 0.275 e. The molecule has 0 radical (unpaired) electrons. The molecule has 0 bridgehead atoms. The number of ether oxygens (including phenoxy) is 1. The SMILES string of the molecule is O=C(c1n[nH]c2c1COCC2)N1CCc2cc(=O)n(-c3ccc(F)cc3)cc2C1. The minimum atomic E-state index is -0.358. The third-order valence-corrected chi connectivity index (χ3v) is 5.53. The monoisotopic (exact) mass is 394 g/mol. The molecule has 0 spiro atoms. The normalized spacial score (nSPS) is 15.7. The largest absolute Gasteiger partial charge is 0.376 e. The van der Waals surface area contributed by atoms with Gasteiger partial charge in [-0.15, -0.1) is 0 Å². The van der Waals surface area contributed by atoms with Crippen LogP contribution >= 0.6 is 0 Å². The molecule has 0 atom stereocenters. The number of benzene rings is 1. The van der Waals surface area contributed by atoms with Crippen LogP contribution in [-0.2, 0) is 30.7 Å². The van der Waals surface area contributed by atoms with E-state index in [0.717, 1.165) is 28.8 Å². The summed E-state index contributed by atoms with van der Waals surface area (Å²) in [5.74, 6) is -0.499. The van der Waals surface area contributed by atoms with Gasteiger partial charge in [0.1, 0.15) is 5.82 Å². The highest BCUT2D eigenvalue weighted by Crippen LogP contribution is 2.24. The van der Waals surface area contributed by atoms with E-state index in [0.29, 0.717) is 44.1 Å². The lowest BCUT2D eigenvalue weighted by molar-refractivity contribution is 0.0715. The zero-order valence-electron chi connectivity index (χ0n) is 15.7. The molecule has 1 amide bonds. The molecule has 0 fully saturated rings. The van der Waals surface area contributed by atoms with Crippen LogP contribution in [0.1, 0.15) is 32.9 Å².